The van der Waals surface area contributed by atoms with Crippen molar-refractivity contribution in [2.75, 3.05) is 12.4 Å². The zero-order chi connectivity index (χ0) is 18.1. The first-order valence-corrected chi connectivity index (χ1v) is 7.73. The molecular weight excluding hydrogens is 336 g/mol. The van der Waals surface area contributed by atoms with E-state index in [1.165, 1.54) is 7.11 Å². The zero-order valence-electron chi connectivity index (χ0n) is 14.0. The van der Waals surface area contributed by atoms with E-state index in [4.69, 9.17) is 4.52 Å². The minimum Gasteiger partial charge on any atom is -0.453 e. The van der Waals surface area contributed by atoms with Crippen molar-refractivity contribution in [2.45, 2.75) is 6.92 Å². The lowest BCUT2D eigenvalue weighted by Gasteiger charge is -2.04. The molecule has 0 fully saturated rings. The molecule has 0 radical (unpaired) electrons. The first-order chi connectivity index (χ1) is 12.7. The summed E-state index contributed by atoms with van der Waals surface area (Å²) in [5.74, 6) is 0.302. The van der Waals surface area contributed by atoms with Crippen LogP contribution in [0.15, 0.2) is 41.3 Å². The number of amides is 1. The number of benzene rings is 1. The van der Waals surface area contributed by atoms with E-state index < -0.39 is 6.09 Å². The second kappa shape index (κ2) is 6.28. The zero-order valence-corrected chi connectivity index (χ0v) is 14.0. The van der Waals surface area contributed by atoms with Crippen LogP contribution in [-0.4, -0.2) is 38.5 Å². The summed E-state index contributed by atoms with van der Waals surface area (Å²) in [5, 5.41) is 14.4. The Labute approximate surface area is 147 Å². The van der Waals surface area contributed by atoms with E-state index >= 15 is 0 Å². The van der Waals surface area contributed by atoms with Gasteiger partial charge in [-0.05, 0) is 24.6 Å². The lowest BCUT2D eigenvalue weighted by Crippen LogP contribution is -2.11. The summed E-state index contributed by atoms with van der Waals surface area (Å²) in [4.78, 5) is 19.8. The van der Waals surface area contributed by atoms with Gasteiger partial charge in [0.05, 0.1) is 18.7 Å². The number of hydrogen-bond donors (Lipinski definition) is 2. The molecule has 9 nitrogen and oxygen atoms in total. The predicted molar refractivity (Wildman–Crippen MR) is 93.4 cm³/mol. The molecule has 3 heterocycles. The predicted octanol–water partition coefficient (Wildman–Crippen LogP) is 3.16. The largest absolute Gasteiger partial charge is 0.453 e. The van der Waals surface area contributed by atoms with Gasteiger partial charge in [-0.15, -0.1) is 0 Å². The molecule has 26 heavy (non-hydrogen) atoms. The van der Waals surface area contributed by atoms with Gasteiger partial charge in [-0.25, -0.2) is 4.79 Å². The van der Waals surface area contributed by atoms with Crippen LogP contribution in [0.2, 0.25) is 0 Å². The Morgan fingerprint density at radius 2 is 2.19 bits per heavy atom. The Balaban J connectivity index is 1.79. The second-order valence-corrected chi connectivity index (χ2v) is 5.52. The molecule has 1 amide bonds. The lowest BCUT2D eigenvalue weighted by atomic mass is 10.0. The topological polar surface area (TPSA) is 119 Å². The highest BCUT2D eigenvalue weighted by Crippen LogP contribution is 2.34. The van der Waals surface area contributed by atoms with Gasteiger partial charge in [0, 0.05) is 23.7 Å². The monoisotopic (exact) mass is 350 g/mol. The average molecular weight is 350 g/mol. The number of ether oxygens (including phenoxy) is 1. The maximum atomic E-state index is 11.4. The molecule has 4 aromatic rings. The maximum Gasteiger partial charge on any atom is 0.412 e. The van der Waals surface area contributed by atoms with Gasteiger partial charge in [0.15, 0.2) is 11.4 Å². The van der Waals surface area contributed by atoms with E-state index in [2.05, 4.69) is 35.4 Å². The molecule has 1 aromatic carbocycles. The molecular formula is C17H14N6O3. The van der Waals surface area contributed by atoms with Crippen LogP contribution < -0.4 is 5.32 Å². The van der Waals surface area contributed by atoms with E-state index in [1.54, 1.807) is 18.6 Å². The number of H-pyrrole nitrogens is 1. The summed E-state index contributed by atoms with van der Waals surface area (Å²) in [6.45, 7) is 1.93. The average Bonchev–Trinajstić information content (AvgIpc) is 3.25. The second-order valence-electron chi connectivity index (χ2n) is 5.52. The van der Waals surface area contributed by atoms with Crippen molar-refractivity contribution in [3.8, 4) is 22.5 Å². The van der Waals surface area contributed by atoms with Crippen molar-refractivity contribution in [3.63, 3.8) is 0 Å². The van der Waals surface area contributed by atoms with Gasteiger partial charge in [-0.3, -0.25) is 20.4 Å². The minimum atomic E-state index is -0.611. The highest BCUT2D eigenvalue weighted by molar-refractivity contribution is 5.98. The van der Waals surface area contributed by atoms with Crippen LogP contribution in [0.3, 0.4) is 0 Å². The third-order valence-corrected chi connectivity index (χ3v) is 3.92. The molecule has 9 heteroatoms. The number of hydrogen-bond acceptors (Lipinski definition) is 7. The molecule has 0 saturated carbocycles. The summed E-state index contributed by atoms with van der Waals surface area (Å²) < 4.78 is 9.92. The van der Waals surface area contributed by atoms with Crippen LogP contribution in [0, 0.1) is 6.92 Å². The number of aromatic nitrogens is 5. The summed E-state index contributed by atoms with van der Waals surface area (Å²) in [6.07, 6.45) is 4.27. The van der Waals surface area contributed by atoms with Gasteiger partial charge in [0.25, 0.3) is 0 Å². The normalized spacial score (nSPS) is 10.8. The van der Waals surface area contributed by atoms with E-state index in [0.29, 0.717) is 28.2 Å². The van der Waals surface area contributed by atoms with Crippen molar-refractivity contribution in [3.05, 3.63) is 42.5 Å². The van der Waals surface area contributed by atoms with Crippen LogP contribution in [0.1, 0.15) is 5.69 Å². The molecule has 0 spiro atoms. The third-order valence-electron chi connectivity index (χ3n) is 3.92. The van der Waals surface area contributed by atoms with Crippen LogP contribution in [0.25, 0.3) is 33.5 Å². The van der Waals surface area contributed by atoms with Crippen molar-refractivity contribution >= 4 is 22.9 Å². The molecule has 4 rings (SSSR count). The van der Waals surface area contributed by atoms with E-state index in [1.807, 2.05) is 25.1 Å². The van der Waals surface area contributed by atoms with Gasteiger partial charge in [0.1, 0.15) is 11.4 Å². The number of methoxy groups -OCH3 is 1. The molecule has 130 valence electrons. The van der Waals surface area contributed by atoms with Gasteiger partial charge in [-0.2, -0.15) is 5.10 Å². The number of nitrogens with one attached hydrogen (secondary N) is 2. The quantitative estimate of drug-likeness (QED) is 0.582. The first kappa shape index (κ1) is 15.8. The van der Waals surface area contributed by atoms with Crippen molar-refractivity contribution in [1.82, 2.24) is 25.3 Å². The highest BCUT2D eigenvalue weighted by Gasteiger charge is 2.18. The Bertz CT molecular complexity index is 1090. The Morgan fingerprint density at radius 1 is 1.31 bits per heavy atom. The van der Waals surface area contributed by atoms with Crippen LogP contribution in [0.4, 0.5) is 10.6 Å². The number of aromatic amines is 1. The fourth-order valence-corrected chi connectivity index (χ4v) is 2.72. The highest BCUT2D eigenvalue weighted by atomic mass is 16.5. The number of rotatable bonds is 3. The third kappa shape index (κ3) is 2.65. The van der Waals surface area contributed by atoms with E-state index in [9.17, 15) is 4.79 Å². The molecule has 3 aromatic heterocycles. The van der Waals surface area contributed by atoms with E-state index in [-0.39, 0.29) is 0 Å². The Hall–Kier alpha value is -3.75. The number of aryl methyl sites for hydroxylation is 1. The molecule has 0 aliphatic carbocycles. The number of carbonyl (C=O) groups excluding carboxylic acids is 1. The van der Waals surface area contributed by atoms with Crippen molar-refractivity contribution in [1.29, 1.82) is 0 Å². The van der Waals surface area contributed by atoms with Gasteiger partial charge in [0.2, 0.25) is 0 Å². The lowest BCUT2D eigenvalue weighted by molar-refractivity contribution is 0.186. The Morgan fingerprint density at radius 3 is 2.96 bits per heavy atom. The molecule has 0 aliphatic heterocycles. The fourth-order valence-electron chi connectivity index (χ4n) is 2.72. The summed E-state index contributed by atoms with van der Waals surface area (Å²) in [5.41, 5.74) is 4.55. The molecule has 2 N–H and O–H groups in total. The van der Waals surface area contributed by atoms with Gasteiger partial charge >= 0.3 is 6.09 Å². The van der Waals surface area contributed by atoms with Crippen LogP contribution in [0.5, 0.6) is 0 Å². The molecule has 0 bridgehead atoms. The number of carbonyl (C=O) groups is 1. The number of nitrogens with zero attached hydrogens (tertiary/aromatic N) is 4. The standard InChI is InChI=1S/C17H14N6O3/c1-9-14(15(22-21-9)12-8-18-5-6-19-12)10-3-4-11-13(7-10)26-23-16(11)20-17(24)25-2/h3-8H,1-2H3,(H,21,22)(H,20,23,24). The molecule has 0 unspecified atom stereocenters. The Kier molecular flexibility index (Phi) is 3.81. The minimum absolute atomic E-state index is 0.302. The smallest absolute Gasteiger partial charge is 0.412 e. The van der Waals surface area contributed by atoms with E-state index in [0.717, 1.165) is 16.8 Å². The number of fused-ring (bicyclic) bond motifs is 1. The van der Waals surface area contributed by atoms with Gasteiger partial charge in [-0.1, -0.05) is 11.2 Å². The van der Waals surface area contributed by atoms with Crippen molar-refractivity contribution < 1.29 is 14.1 Å². The van der Waals surface area contributed by atoms with Crippen LogP contribution >= 0.6 is 0 Å². The summed E-state index contributed by atoms with van der Waals surface area (Å²) in [7, 11) is 1.28. The fraction of sp³-hybridized carbons (Fsp3) is 0.118. The molecule has 0 atom stereocenters. The maximum absolute atomic E-state index is 11.4. The first-order valence-electron chi connectivity index (χ1n) is 7.73. The summed E-state index contributed by atoms with van der Waals surface area (Å²) in [6, 6.07) is 5.56. The summed E-state index contributed by atoms with van der Waals surface area (Å²) >= 11 is 0. The molecule has 0 aliphatic rings. The van der Waals surface area contributed by atoms with Crippen LogP contribution in [-0.2, 0) is 4.74 Å². The van der Waals surface area contributed by atoms with Gasteiger partial charge < -0.3 is 9.26 Å². The SMILES string of the molecule is COC(=O)Nc1noc2cc(-c3c(-c4cnccn4)n[nH]c3C)ccc12. The number of anilines is 1. The van der Waals surface area contributed by atoms with Crippen molar-refractivity contribution in [2.24, 2.45) is 0 Å². The molecule has 0 saturated heterocycles.